The first kappa shape index (κ1) is 17.0. The Bertz CT molecular complexity index is 812. The normalized spacial score (nSPS) is 12.1. The first-order valence-corrected chi connectivity index (χ1v) is 6.83. The quantitative estimate of drug-likeness (QED) is 0.601. The molecule has 102 valence electrons. The number of halogens is 1. The molecule has 0 N–H and O–H groups in total. The average Bonchev–Trinajstić information content (AvgIpc) is 2.74. The molecule has 4 nitrogen and oxygen atoms in total. The second-order valence-corrected chi connectivity index (χ2v) is 5.40. The predicted octanol–water partition coefficient (Wildman–Crippen LogP) is -0.130. The van der Waals surface area contributed by atoms with E-state index in [1.165, 1.54) is 6.92 Å². The van der Waals surface area contributed by atoms with Crippen molar-refractivity contribution in [2.24, 2.45) is 0 Å². The Morgan fingerprint density at radius 3 is 2.48 bits per heavy atom. The van der Waals surface area contributed by atoms with Crippen LogP contribution in [0, 0.1) is 0 Å². The first-order chi connectivity index (χ1) is 9.54. The van der Waals surface area contributed by atoms with Gasteiger partial charge in [0.05, 0.1) is 5.97 Å². The Balaban J connectivity index is 0.00000161. The van der Waals surface area contributed by atoms with Crippen LogP contribution in [-0.2, 0) is 4.79 Å². The molecule has 1 aromatic heterocycles. The number of rotatable bonds is 3. The van der Waals surface area contributed by atoms with E-state index in [1.807, 2.05) is 24.3 Å². The summed E-state index contributed by atoms with van der Waals surface area (Å²) in [6.07, 6.45) is -1.01. The van der Waals surface area contributed by atoms with Gasteiger partial charge in [-0.05, 0) is 37.3 Å². The minimum Gasteiger partial charge on any atom is -0.546 e. The second kappa shape index (κ2) is 6.81. The van der Waals surface area contributed by atoms with Crippen molar-refractivity contribution in [1.29, 1.82) is 0 Å². The van der Waals surface area contributed by atoms with Crippen molar-refractivity contribution in [2.45, 2.75) is 13.0 Å². The maximum Gasteiger partial charge on any atom is 1.00 e. The number of carbonyl (C=O) groups is 1. The van der Waals surface area contributed by atoms with Crippen molar-refractivity contribution < 1.29 is 70.4 Å². The van der Waals surface area contributed by atoms with E-state index in [0.717, 1.165) is 20.8 Å². The van der Waals surface area contributed by atoms with E-state index in [2.05, 4.69) is 15.9 Å². The third kappa shape index (κ3) is 3.52. The molecule has 3 rings (SSSR count). The summed E-state index contributed by atoms with van der Waals surface area (Å²) < 4.78 is 12.0. The van der Waals surface area contributed by atoms with Gasteiger partial charge in [-0.2, -0.15) is 0 Å². The number of benzene rings is 2. The van der Waals surface area contributed by atoms with Crippen LogP contribution in [-0.4, -0.2) is 12.1 Å². The van der Waals surface area contributed by atoms with Crippen molar-refractivity contribution in [3.05, 3.63) is 40.9 Å². The Morgan fingerprint density at radius 1 is 1.19 bits per heavy atom. The van der Waals surface area contributed by atoms with Gasteiger partial charge in [-0.3, -0.25) is 0 Å². The van der Waals surface area contributed by atoms with Gasteiger partial charge >= 0.3 is 51.4 Å². The van der Waals surface area contributed by atoms with Crippen LogP contribution in [0.1, 0.15) is 6.92 Å². The number of fused-ring (bicyclic) bond motifs is 3. The van der Waals surface area contributed by atoms with Gasteiger partial charge < -0.3 is 19.1 Å². The van der Waals surface area contributed by atoms with E-state index in [9.17, 15) is 9.90 Å². The smallest absolute Gasteiger partial charge is 0.546 e. The Kier molecular flexibility index (Phi) is 5.51. The van der Waals surface area contributed by atoms with Crippen molar-refractivity contribution in [2.75, 3.05) is 0 Å². The SMILES string of the molecule is CC(Oc1ccc2c(c1)oc1cc(Br)ccc12)C(=O)[O-].[K+]. The van der Waals surface area contributed by atoms with Gasteiger partial charge in [-0.15, -0.1) is 0 Å². The molecule has 0 amide bonds. The largest absolute Gasteiger partial charge is 1.00 e. The minimum atomic E-state index is -1.25. The Morgan fingerprint density at radius 2 is 1.81 bits per heavy atom. The van der Waals surface area contributed by atoms with Gasteiger partial charge in [0.25, 0.3) is 0 Å². The Hall–Kier alpha value is -0.374. The molecule has 1 unspecified atom stereocenters. The van der Waals surface area contributed by atoms with Gasteiger partial charge in [-0.25, -0.2) is 0 Å². The molecule has 0 aliphatic rings. The van der Waals surface area contributed by atoms with Crippen LogP contribution < -0.4 is 61.2 Å². The van der Waals surface area contributed by atoms with E-state index in [4.69, 9.17) is 9.15 Å². The molecular weight excluding hydrogens is 363 g/mol. The molecule has 21 heavy (non-hydrogen) atoms. The summed E-state index contributed by atoms with van der Waals surface area (Å²) in [5.74, 6) is -0.814. The molecule has 2 aromatic carbocycles. The number of ether oxygens (including phenoxy) is 1. The number of aliphatic carboxylic acids is 1. The van der Waals surface area contributed by atoms with Crippen LogP contribution in [0.5, 0.6) is 5.75 Å². The number of hydrogen-bond donors (Lipinski definition) is 0. The molecule has 3 aromatic rings. The van der Waals surface area contributed by atoms with Gasteiger partial charge in [0, 0.05) is 21.3 Å². The van der Waals surface area contributed by atoms with E-state index in [-0.39, 0.29) is 51.4 Å². The van der Waals surface area contributed by atoms with Crippen LogP contribution in [0.4, 0.5) is 0 Å². The number of carbonyl (C=O) groups excluding carboxylic acids is 1. The Labute approximate surface area is 172 Å². The molecule has 0 aliphatic carbocycles. The maximum absolute atomic E-state index is 10.7. The number of hydrogen-bond acceptors (Lipinski definition) is 4. The van der Waals surface area contributed by atoms with E-state index in [0.29, 0.717) is 11.3 Å². The number of carboxylic acids is 1. The van der Waals surface area contributed by atoms with E-state index in [1.54, 1.807) is 12.1 Å². The fraction of sp³-hybridized carbons (Fsp3) is 0.133. The van der Waals surface area contributed by atoms with Crippen LogP contribution >= 0.6 is 15.9 Å². The topological polar surface area (TPSA) is 62.5 Å². The molecule has 0 saturated carbocycles. The first-order valence-electron chi connectivity index (χ1n) is 6.04. The summed E-state index contributed by atoms with van der Waals surface area (Å²) >= 11 is 3.40. The van der Waals surface area contributed by atoms with Gasteiger partial charge in [-0.1, -0.05) is 15.9 Å². The van der Waals surface area contributed by atoms with Crippen molar-refractivity contribution in [1.82, 2.24) is 0 Å². The predicted molar refractivity (Wildman–Crippen MR) is 76.5 cm³/mol. The molecular formula is C15H10BrKO4. The summed E-state index contributed by atoms with van der Waals surface area (Å²) in [7, 11) is 0. The maximum atomic E-state index is 10.7. The molecule has 0 radical (unpaired) electrons. The molecule has 1 atom stereocenters. The van der Waals surface area contributed by atoms with Gasteiger partial charge in [0.15, 0.2) is 0 Å². The molecule has 0 saturated heterocycles. The molecule has 0 bridgehead atoms. The summed E-state index contributed by atoms with van der Waals surface area (Å²) in [5.41, 5.74) is 1.42. The van der Waals surface area contributed by atoms with Crippen LogP contribution in [0.15, 0.2) is 45.3 Å². The molecule has 0 fully saturated rings. The van der Waals surface area contributed by atoms with Crippen molar-refractivity contribution in [3.63, 3.8) is 0 Å². The monoisotopic (exact) mass is 372 g/mol. The second-order valence-electron chi connectivity index (χ2n) is 4.48. The zero-order chi connectivity index (χ0) is 14.3. The molecule has 0 aliphatic heterocycles. The summed E-state index contributed by atoms with van der Waals surface area (Å²) in [6.45, 7) is 1.43. The molecule has 0 spiro atoms. The zero-order valence-corrected chi connectivity index (χ0v) is 16.3. The van der Waals surface area contributed by atoms with Crippen LogP contribution in [0.2, 0.25) is 0 Å². The van der Waals surface area contributed by atoms with Crippen LogP contribution in [0.3, 0.4) is 0 Å². The van der Waals surface area contributed by atoms with Gasteiger partial charge in [0.2, 0.25) is 0 Å². The van der Waals surface area contributed by atoms with Crippen molar-refractivity contribution in [3.8, 4) is 5.75 Å². The standard InChI is InChI=1S/C15H11BrO4.K/c1-8(15(17)18)19-10-3-5-12-11-4-2-9(16)6-13(11)20-14(12)7-10;/h2-8H,1H3,(H,17,18);/q;+1/p-1. The minimum absolute atomic E-state index is 0. The fourth-order valence-corrected chi connectivity index (χ4v) is 2.40. The van der Waals surface area contributed by atoms with Crippen molar-refractivity contribution >= 4 is 43.8 Å². The molecule has 6 heteroatoms. The summed E-state index contributed by atoms with van der Waals surface area (Å²) in [5, 5.41) is 12.6. The third-order valence-electron chi connectivity index (χ3n) is 3.05. The van der Waals surface area contributed by atoms with Crippen LogP contribution in [0.25, 0.3) is 21.9 Å². The average molecular weight is 373 g/mol. The van der Waals surface area contributed by atoms with E-state index < -0.39 is 12.1 Å². The summed E-state index contributed by atoms with van der Waals surface area (Å²) in [4.78, 5) is 10.7. The number of carboxylic acid groups (broad SMARTS) is 1. The summed E-state index contributed by atoms with van der Waals surface area (Å²) in [6, 6.07) is 11.1. The fourth-order valence-electron chi connectivity index (χ4n) is 2.06. The number of furan rings is 1. The zero-order valence-electron chi connectivity index (χ0n) is 11.6. The van der Waals surface area contributed by atoms with E-state index >= 15 is 0 Å². The van der Waals surface area contributed by atoms with Gasteiger partial charge in [0.1, 0.15) is 23.0 Å². The third-order valence-corrected chi connectivity index (χ3v) is 3.54. The molecule has 1 heterocycles.